The number of aromatic nitrogens is 1. The fourth-order valence-corrected chi connectivity index (χ4v) is 2.29. The van der Waals surface area contributed by atoms with Crippen molar-refractivity contribution in [2.75, 3.05) is 27.2 Å². The molecular formula is C16H27N3O3. The lowest BCUT2D eigenvalue weighted by molar-refractivity contribution is -0.134. The van der Waals surface area contributed by atoms with E-state index in [0.717, 1.165) is 25.7 Å². The molecule has 6 nitrogen and oxygen atoms in total. The third-order valence-electron chi connectivity index (χ3n) is 3.89. The van der Waals surface area contributed by atoms with Crippen molar-refractivity contribution >= 4 is 11.8 Å². The van der Waals surface area contributed by atoms with Gasteiger partial charge in [-0.3, -0.25) is 9.59 Å². The van der Waals surface area contributed by atoms with Crippen LogP contribution in [-0.4, -0.2) is 53.8 Å². The van der Waals surface area contributed by atoms with Crippen LogP contribution in [0.4, 0.5) is 0 Å². The van der Waals surface area contributed by atoms with E-state index < -0.39 is 0 Å². The molecule has 0 aromatic carbocycles. The monoisotopic (exact) mass is 309 g/mol. The Kier molecular flexibility index (Phi) is 7.63. The largest absolute Gasteiger partial charge is 0.451 e. The van der Waals surface area contributed by atoms with Crippen LogP contribution in [0.3, 0.4) is 0 Å². The zero-order valence-electron chi connectivity index (χ0n) is 14.0. The van der Waals surface area contributed by atoms with Crippen molar-refractivity contribution in [1.29, 1.82) is 0 Å². The molecule has 0 spiro atoms. The van der Waals surface area contributed by atoms with E-state index in [1.165, 1.54) is 12.7 Å². The number of amides is 2. The van der Waals surface area contributed by atoms with Crippen molar-refractivity contribution in [1.82, 2.24) is 14.8 Å². The average Bonchev–Trinajstić information content (AvgIpc) is 3.06. The second-order valence-corrected chi connectivity index (χ2v) is 5.61. The molecule has 2 amide bonds. The Labute approximate surface area is 132 Å². The summed E-state index contributed by atoms with van der Waals surface area (Å²) in [4.78, 5) is 31.5. The number of hydrogen-bond acceptors (Lipinski definition) is 4. The summed E-state index contributed by atoms with van der Waals surface area (Å²) in [6, 6.07) is 0. The van der Waals surface area contributed by atoms with Crippen LogP contribution in [0, 0.1) is 5.92 Å². The third kappa shape index (κ3) is 5.16. The van der Waals surface area contributed by atoms with Crippen LogP contribution in [-0.2, 0) is 4.79 Å². The van der Waals surface area contributed by atoms with Crippen molar-refractivity contribution in [2.45, 2.75) is 39.5 Å². The number of hydrogen-bond donors (Lipinski definition) is 0. The minimum Gasteiger partial charge on any atom is -0.451 e. The molecule has 22 heavy (non-hydrogen) atoms. The molecule has 1 heterocycles. The Morgan fingerprint density at radius 2 is 1.91 bits per heavy atom. The summed E-state index contributed by atoms with van der Waals surface area (Å²) < 4.78 is 4.81. The Bertz CT molecular complexity index is 459. The lowest BCUT2D eigenvalue weighted by Gasteiger charge is -2.25. The molecule has 124 valence electrons. The zero-order chi connectivity index (χ0) is 16.5. The van der Waals surface area contributed by atoms with E-state index in [4.69, 9.17) is 4.42 Å². The summed E-state index contributed by atoms with van der Waals surface area (Å²) >= 11 is 0. The maximum absolute atomic E-state index is 12.4. The van der Waals surface area contributed by atoms with Crippen LogP contribution in [0.2, 0.25) is 0 Å². The molecule has 0 aliphatic heterocycles. The molecule has 1 rings (SSSR count). The van der Waals surface area contributed by atoms with Crippen LogP contribution >= 0.6 is 0 Å². The van der Waals surface area contributed by atoms with E-state index in [1.54, 1.807) is 23.9 Å². The number of rotatable bonds is 9. The molecule has 0 fully saturated rings. The van der Waals surface area contributed by atoms with E-state index in [9.17, 15) is 9.59 Å². The van der Waals surface area contributed by atoms with Crippen LogP contribution in [0.5, 0.6) is 0 Å². The minimum absolute atomic E-state index is 0.0847. The van der Waals surface area contributed by atoms with Gasteiger partial charge in [0.15, 0.2) is 12.1 Å². The first-order chi connectivity index (χ1) is 10.5. The highest BCUT2D eigenvalue weighted by molar-refractivity contribution is 5.91. The Morgan fingerprint density at radius 1 is 1.23 bits per heavy atom. The van der Waals surface area contributed by atoms with Crippen molar-refractivity contribution in [3.8, 4) is 0 Å². The van der Waals surface area contributed by atoms with Crippen LogP contribution < -0.4 is 0 Å². The van der Waals surface area contributed by atoms with Crippen LogP contribution in [0.15, 0.2) is 17.1 Å². The molecule has 1 aromatic heterocycles. The number of likely N-dealkylation sites (N-methyl/N-ethyl adjacent to an activating group) is 2. The van der Waals surface area contributed by atoms with Gasteiger partial charge in [-0.15, -0.1) is 0 Å². The van der Waals surface area contributed by atoms with E-state index in [2.05, 4.69) is 11.9 Å². The fraction of sp³-hybridized carbons (Fsp3) is 0.688. The smallest absolute Gasteiger partial charge is 0.275 e. The summed E-state index contributed by atoms with van der Waals surface area (Å²) in [5, 5.41) is 0. The van der Waals surface area contributed by atoms with E-state index >= 15 is 0 Å². The summed E-state index contributed by atoms with van der Waals surface area (Å²) in [6.45, 7) is 5.16. The Hall–Kier alpha value is -1.85. The van der Waals surface area contributed by atoms with Gasteiger partial charge in [0.25, 0.3) is 5.91 Å². The number of unbranched alkanes of at least 4 members (excludes halogenated alkanes) is 1. The molecule has 0 bridgehead atoms. The van der Waals surface area contributed by atoms with Crippen molar-refractivity contribution < 1.29 is 14.0 Å². The minimum atomic E-state index is -0.201. The summed E-state index contributed by atoms with van der Waals surface area (Å²) in [7, 11) is 3.50. The van der Waals surface area contributed by atoms with Gasteiger partial charge in [0.05, 0.1) is 0 Å². The number of carbonyl (C=O) groups is 2. The second-order valence-electron chi connectivity index (χ2n) is 5.61. The predicted molar refractivity (Wildman–Crippen MR) is 84.4 cm³/mol. The molecule has 0 radical (unpaired) electrons. The van der Waals surface area contributed by atoms with Crippen molar-refractivity contribution in [3.05, 3.63) is 18.4 Å². The van der Waals surface area contributed by atoms with E-state index in [-0.39, 0.29) is 23.4 Å². The maximum atomic E-state index is 12.4. The van der Waals surface area contributed by atoms with Gasteiger partial charge in [0, 0.05) is 33.1 Å². The average molecular weight is 309 g/mol. The van der Waals surface area contributed by atoms with Gasteiger partial charge >= 0.3 is 0 Å². The molecule has 1 aromatic rings. The van der Waals surface area contributed by atoms with Gasteiger partial charge in [-0.2, -0.15) is 0 Å². The topological polar surface area (TPSA) is 66.7 Å². The number of oxazole rings is 1. The molecule has 6 heteroatoms. The molecule has 0 aliphatic carbocycles. The summed E-state index contributed by atoms with van der Waals surface area (Å²) in [5.41, 5.74) is 0.283. The molecule has 0 saturated carbocycles. The lowest BCUT2D eigenvalue weighted by Crippen LogP contribution is -2.39. The molecule has 1 unspecified atom stereocenters. The molecule has 0 aliphatic rings. The highest BCUT2D eigenvalue weighted by Crippen LogP contribution is 2.15. The van der Waals surface area contributed by atoms with Gasteiger partial charge < -0.3 is 14.2 Å². The summed E-state index contributed by atoms with van der Waals surface area (Å²) in [5.74, 6) is 0.0485. The highest BCUT2D eigenvalue weighted by atomic mass is 16.3. The standard InChI is InChI=1S/C16H27N3O3/c1-5-7-8-13(6-2)15(20)18(3)9-10-19(4)16(21)14-11-22-12-17-14/h11-13H,5-10H2,1-4H3. The van der Waals surface area contributed by atoms with Gasteiger partial charge in [-0.1, -0.05) is 26.7 Å². The molecular weight excluding hydrogens is 282 g/mol. The lowest BCUT2D eigenvalue weighted by atomic mass is 9.98. The van der Waals surface area contributed by atoms with Gasteiger partial charge in [0.2, 0.25) is 5.91 Å². The Morgan fingerprint density at radius 3 is 2.45 bits per heavy atom. The number of carbonyl (C=O) groups excluding carboxylic acids is 2. The van der Waals surface area contributed by atoms with Gasteiger partial charge in [0.1, 0.15) is 6.26 Å². The van der Waals surface area contributed by atoms with Crippen LogP contribution in [0.25, 0.3) is 0 Å². The number of nitrogens with zero attached hydrogens (tertiary/aromatic N) is 3. The van der Waals surface area contributed by atoms with Gasteiger partial charge in [-0.05, 0) is 12.8 Å². The zero-order valence-corrected chi connectivity index (χ0v) is 14.0. The maximum Gasteiger partial charge on any atom is 0.275 e. The molecule has 1 atom stereocenters. The third-order valence-corrected chi connectivity index (χ3v) is 3.89. The molecule has 0 saturated heterocycles. The highest BCUT2D eigenvalue weighted by Gasteiger charge is 2.21. The van der Waals surface area contributed by atoms with Crippen molar-refractivity contribution in [2.24, 2.45) is 5.92 Å². The first kappa shape index (κ1) is 18.2. The summed E-state index contributed by atoms with van der Waals surface area (Å²) in [6.07, 6.45) is 6.52. The molecule has 0 N–H and O–H groups in total. The first-order valence-corrected chi connectivity index (χ1v) is 7.89. The van der Waals surface area contributed by atoms with E-state index in [0.29, 0.717) is 13.1 Å². The van der Waals surface area contributed by atoms with Crippen molar-refractivity contribution in [3.63, 3.8) is 0 Å². The predicted octanol–water partition coefficient (Wildman–Crippen LogP) is 2.42. The fourth-order valence-electron chi connectivity index (χ4n) is 2.29. The second kappa shape index (κ2) is 9.23. The Balaban J connectivity index is 2.45. The quantitative estimate of drug-likeness (QED) is 0.702. The van der Waals surface area contributed by atoms with Crippen LogP contribution in [0.1, 0.15) is 50.0 Å². The normalized spacial score (nSPS) is 12.0. The first-order valence-electron chi connectivity index (χ1n) is 7.89. The van der Waals surface area contributed by atoms with Gasteiger partial charge in [-0.25, -0.2) is 4.98 Å². The SMILES string of the molecule is CCCCC(CC)C(=O)N(C)CCN(C)C(=O)c1cocn1. The van der Waals surface area contributed by atoms with E-state index in [1.807, 2.05) is 6.92 Å².